The van der Waals surface area contributed by atoms with Crippen molar-refractivity contribution in [3.63, 3.8) is 0 Å². The number of fused-ring (bicyclic) bond motifs is 11. The average molecular weight is 606 g/mol. The molecule has 6 aromatic rings. The smallest absolute Gasteiger partial charge is 0.194 e. The molecule has 6 aromatic carbocycles. The van der Waals surface area contributed by atoms with E-state index >= 15 is 0 Å². The molecule has 10 rings (SSSR count). The Bertz CT molecular complexity index is 2270. The predicted octanol–water partition coefficient (Wildman–Crippen LogP) is 11.0. The fourth-order valence-corrected chi connectivity index (χ4v) is 8.46. The number of para-hydroxylation sites is 2. The minimum atomic E-state index is -0.362. The standard InChI is InChI=1S/C44H31NO2/c1-28-22-24-30(25-23-28)45(29-12-3-2-4-13-29)38-20-11-21-39-42(38)47-43-40(46-39)27-26-37-41(43)33-16-7-10-19-36(33)44(37)34-17-8-5-14-31(34)32-15-6-9-18-35(32)44/h2-25H,26-27H2,1H3. The zero-order chi connectivity index (χ0) is 31.1. The maximum absolute atomic E-state index is 7.22. The lowest BCUT2D eigenvalue weighted by atomic mass is 9.68. The van der Waals surface area contributed by atoms with E-state index in [1.54, 1.807) is 0 Å². The Morgan fingerprint density at radius 3 is 1.83 bits per heavy atom. The summed E-state index contributed by atoms with van der Waals surface area (Å²) in [5.41, 5.74) is 14.4. The lowest BCUT2D eigenvalue weighted by Crippen LogP contribution is -2.29. The first kappa shape index (κ1) is 26.4. The van der Waals surface area contributed by atoms with Gasteiger partial charge < -0.3 is 14.4 Å². The molecule has 3 nitrogen and oxygen atoms in total. The molecule has 1 spiro atoms. The molecule has 47 heavy (non-hydrogen) atoms. The summed E-state index contributed by atoms with van der Waals surface area (Å²) in [6.45, 7) is 2.12. The highest BCUT2D eigenvalue weighted by atomic mass is 16.6. The van der Waals surface area contributed by atoms with Crippen molar-refractivity contribution < 1.29 is 9.47 Å². The highest BCUT2D eigenvalue weighted by Gasteiger charge is 2.55. The molecular formula is C44H31NO2. The van der Waals surface area contributed by atoms with E-state index in [1.807, 2.05) is 6.07 Å². The van der Waals surface area contributed by atoms with Crippen molar-refractivity contribution in [3.8, 4) is 22.6 Å². The van der Waals surface area contributed by atoms with Crippen LogP contribution in [0.3, 0.4) is 0 Å². The third-order valence-corrected chi connectivity index (χ3v) is 10.3. The van der Waals surface area contributed by atoms with E-state index in [0.29, 0.717) is 0 Å². The second kappa shape index (κ2) is 9.85. The molecule has 0 bridgehead atoms. The summed E-state index contributed by atoms with van der Waals surface area (Å²) in [6, 6.07) is 52.2. The third kappa shape index (κ3) is 3.57. The van der Waals surface area contributed by atoms with Crippen LogP contribution in [0.2, 0.25) is 0 Å². The van der Waals surface area contributed by atoms with Crippen LogP contribution in [0.4, 0.5) is 17.1 Å². The molecule has 0 radical (unpaired) electrons. The number of rotatable bonds is 3. The number of ether oxygens (including phenoxy) is 2. The molecule has 0 N–H and O–H groups in total. The molecule has 0 saturated carbocycles. The first-order valence-corrected chi connectivity index (χ1v) is 16.4. The molecule has 1 aliphatic heterocycles. The summed E-state index contributed by atoms with van der Waals surface area (Å²) >= 11 is 0. The Kier molecular flexibility index (Phi) is 5.54. The lowest BCUT2D eigenvalue weighted by molar-refractivity contribution is 0.292. The zero-order valence-electron chi connectivity index (χ0n) is 26.0. The maximum atomic E-state index is 7.22. The van der Waals surface area contributed by atoms with Gasteiger partial charge in [-0.3, -0.25) is 0 Å². The van der Waals surface area contributed by atoms with Gasteiger partial charge in [-0.25, -0.2) is 0 Å². The number of hydrogen-bond donors (Lipinski definition) is 0. The van der Waals surface area contributed by atoms with Crippen LogP contribution >= 0.6 is 0 Å². The summed E-state index contributed by atoms with van der Waals surface area (Å²) in [5.74, 6) is 3.22. The largest absolute Gasteiger partial charge is 0.454 e. The van der Waals surface area contributed by atoms with Crippen LogP contribution in [0.5, 0.6) is 11.5 Å². The van der Waals surface area contributed by atoms with Crippen LogP contribution in [-0.4, -0.2) is 0 Å². The molecule has 0 fully saturated rings. The van der Waals surface area contributed by atoms with Gasteiger partial charge in [0.25, 0.3) is 0 Å². The van der Waals surface area contributed by atoms with E-state index in [9.17, 15) is 0 Å². The molecule has 1 heterocycles. The number of hydrogen-bond acceptors (Lipinski definition) is 3. The number of benzene rings is 6. The molecule has 0 aromatic heterocycles. The predicted molar refractivity (Wildman–Crippen MR) is 188 cm³/mol. The van der Waals surface area contributed by atoms with Crippen molar-refractivity contribution in [2.45, 2.75) is 25.2 Å². The van der Waals surface area contributed by atoms with Crippen molar-refractivity contribution in [2.75, 3.05) is 4.90 Å². The number of anilines is 3. The van der Waals surface area contributed by atoms with Gasteiger partial charge in [0, 0.05) is 23.4 Å². The van der Waals surface area contributed by atoms with Crippen LogP contribution in [0.15, 0.2) is 163 Å². The van der Waals surface area contributed by atoms with Crippen molar-refractivity contribution in [1.29, 1.82) is 0 Å². The number of allylic oxidation sites excluding steroid dienone is 3. The van der Waals surface area contributed by atoms with E-state index in [1.165, 1.54) is 50.1 Å². The summed E-state index contributed by atoms with van der Waals surface area (Å²) < 4.78 is 14.0. The van der Waals surface area contributed by atoms with E-state index in [2.05, 4.69) is 151 Å². The first-order chi connectivity index (χ1) is 23.2. The first-order valence-electron chi connectivity index (χ1n) is 16.4. The third-order valence-electron chi connectivity index (χ3n) is 10.3. The summed E-state index contributed by atoms with van der Waals surface area (Å²) in [7, 11) is 0. The average Bonchev–Trinajstić information content (AvgIpc) is 3.60. The van der Waals surface area contributed by atoms with Crippen molar-refractivity contribution in [3.05, 3.63) is 191 Å². The molecule has 3 aliphatic carbocycles. The normalized spacial score (nSPS) is 15.9. The van der Waals surface area contributed by atoms with Crippen molar-refractivity contribution in [2.24, 2.45) is 0 Å². The molecular weight excluding hydrogens is 574 g/mol. The number of nitrogens with zero attached hydrogens (tertiary/aromatic N) is 1. The van der Waals surface area contributed by atoms with E-state index in [0.717, 1.165) is 52.9 Å². The van der Waals surface area contributed by atoms with Crippen molar-refractivity contribution in [1.82, 2.24) is 0 Å². The maximum Gasteiger partial charge on any atom is 0.194 e. The van der Waals surface area contributed by atoms with Gasteiger partial charge in [-0.05, 0) is 88.7 Å². The minimum Gasteiger partial charge on any atom is -0.454 e. The zero-order valence-corrected chi connectivity index (χ0v) is 26.0. The summed E-state index contributed by atoms with van der Waals surface area (Å²) in [6.07, 6.45) is 1.67. The molecule has 224 valence electrons. The monoisotopic (exact) mass is 605 g/mol. The van der Waals surface area contributed by atoms with Gasteiger partial charge in [-0.15, -0.1) is 0 Å². The van der Waals surface area contributed by atoms with E-state index in [-0.39, 0.29) is 5.41 Å². The van der Waals surface area contributed by atoms with Gasteiger partial charge in [-0.2, -0.15) is 0 Å². The second-order valence-corrected chi connectivity index (χ2v) is 12.8. The summed E-state index contributed by atoms with van der Waals surface area (Å²) in [5, 5.41) is 0. The molecule has 4 aliphatic rings. The molecule has 0 saturated heterocycles. The van der Waals surface area contributed by atoms with E-state index in [4.69, 9.17) is 9.47 Å². The van der Waals surface area contributed by atoms with Crippen LogP contribution in [-0.2, 0) is 5.41 Å². The number of aryl methyl sites for hydroxylation is 1. The van der Waals surface area contributed by atoms with Crippen molar-refractivity contribution >= 4 is 22.6 Å². The van der Waals surface area contributed by atoms with Crippen LogP contribution in [0.25, 0.3) is 16.7 Å². The highest BCUT2D eigenvalue weighted by molar-refractivity contribution is 5.99. The fraction of sp³-hybridized carbons (Fsp3) is 0.0909. The Morgan fingerprint density at radius 2 is 1.13 bits per heavy atom. The molecule has 3 heteroatoms. The Labute approximate surface area is 274 Å². The fourth-order valence-electron chi connectivity index (χ4n) is 8.46. The Balaban J connectivity index is 1.19. The summed E-state index contributed by atoms with van der Waals surface area (Å²) in [4.78, 5) is 2.26. The van der Waals surface area contributed by atoms with Crippen LogP contribution in [0.1, 0.15) is 40.7 Å². The van der Waals surface area contributed by atoms with Gasteiger partial charge in [0.05, 0.1) is 11.1 Å². The van der Waals surface area contributed by atoms with Crippen LogP contribution in [0, 0.1) is 6.92 Å². The lowest BCUT2D eigenvalue weighted by Gasteiger charge is -2.36. The molecule has 0 atom stereocenters. The quantitative estimate of drug-likeness (QED) is 0.200. The topological polar surface area (TPSA) is 21.7 Å². The van der Waals surface area contributed by atoms with Gasteiger partial charge in [0.2, 0.25) is 0 Å². The second-order valence-electron chi connectivity index (χ2n) is 12.8. The molecule has 0 unspecified atom stereocenters. The van der Waals surface area contributed by atoms with Gasteiger partial charge in [-0.1, -0.05) is 115 Å². The van der Waals surface area contributed by atoms with Gasteiger partial charge in [0.1, 0.15) is 5.76 Å². The Morgan fingerprint density at radius 1 is 0.532 bits per heavy atom. The van der Waals surface area contributed by atoms with Crippen LogP contribution < -0.4 is 14.4 Å². The SMILES string of the molecule is Cc1ccc(N(c2ccccc2)c2cccc3c2OC2=C(CCC4=C2c2ccccc2C42c4ccccc4-c4ccccc42)O3)cc1. The van der Waals surface area contributed by atoms with E-state index < -0.39 is 0 Å². The molecule has 0 amide bonds. The highest BCUT2D eigenvalue weighted by Crippen LogP contribution is 2.65. The minimum absolute atomic E-state index is 0.362. The Hall–Kier alpha value is -5.80. The van der Waals surface area contributed by atoms with Gasteiger partial charge >= 0.3 is 0 Å². The van der Waals surface area contributed by atoms with Gasteiger partial charge in [0.15, 0.2) is 17.3 Å².